The van der Waals surface area contributed by atoms with Gasteiger partial charge in [-0.3, -0.25) is 0 Å². The summed E-state index contributed by atoms with van der Waals surface area (Å²) in [6.45, 7) is 0. The molecule has 0 saturated carbocycles. The fourth-order valence-electron chi connectivity index (χ4n) is 0.585. The summed E-state index contributed by atoms with van der Waals surface area (Å²) < 4.78 is 0. The van der Waals surface area contributed by atoms with Crippen molar-refractivity contribution in [3.63, 3.8) is 0 Å². The summed E-state index contributed by atoms with van der Waals surface area (Å²) in [5.41, 5.74) is 0. The number of hydrogen-bond donors (Lipinski definition) is 0. The zero-order valence-electron chi connectivity index (χ0n) is 4.75. The van der Waals surface area contributed by atoms with E-state index in [1.807, 2.05) is 18.6 Å². The highest BCUT2D eigenvalue weighted by molar-refractivity contribution is 5.17. The van der Waals surface area contributed by atoms with Crippen LogP contribution >= 0.6 is 0 Å². The van der Waals surface area contributed by atoms with Gasteiger partial charge in [0.2, 0.25) is 0 Å². The van der Waals surface area contributed by atoms with Gasteiger partial charge in [0.1, 0.15) is 0 Å². The smallest absolute Gasteiger partial charge is 0.00474 e. The molecule has 41 valence electrons. The lowest BCUT2D eigenvalue weighted by molar-refractivity contribution is 1.37. The molecule has 0 heterocycles. The van der Waals surface area contributed by atoms with E-state index in [9.17, 15) is 0 Å². The Morgan fingerprint density at radius 2 is 1.62 bits per heavy atom. The Bertz CT molecular complexity index is 111. The molecule has 1 aliphatic rings. The summed E-state index contributed by atoms with van der Waals surface area (Å²) in [5.74, 6) is 0. The molecule has 0 aliphatic heterocycles. The fraction of sp³-hybridized carbons (Fsp3) is 0.125. The average molecular weight is 105 g/mol. The van der Waals surface area contributed by atoms with Crippen LogP contribution in [0.4, 0.5) is 0 Å². The first kappa shape index (κ1) is 5.36. The van der Waals surface area contributed by atoms with Gasteiger partial charge in [-0.15, -0.1) is 0 Å². The monoisotopic (exact) mass is 105 g/mol. The van der Waals surface area contributed by atoms with Crippen LogP contribution in [0.5, 0.6) is 0 Å². The summed E-state index contributed by atoms with van der Waals surface area (Å²) in [6.07, 6.45) is 15.5. The number of rotatable bonds is 0. The highest BCUT2D eigenvalue weighted by Crippen LogP contribution is 1.94. The Labute approximate surface area is 50.2 Å². The zero-order valence-corrected chi connectivity index (χ0v) is 4.75. The molecule has 1 radical (unpaired) electrons. The van der Waals surface area contributed by atoms with Crippen molar-refractivity contribution >= 4 is 0 Å². The predicted octanol–water partition coefficient (Wildman–Crippen LogP) is 2.26. The van der Waals surface area contributed by atoms with E-state index in [1.54, 1.807) is 0 Å². The molecule has 0 bridgehead atoms. The van der Waals surface area contributed by atoms with E-state index < -0.39 is 0 Å². The van der Waals surface area contributed by atoms with Crippen molar-refractivity contribution in [2.24, 2.45) is 0 Å². The van der Waals surface area contributed by atoms with Crippen molar-refractivity contribution in [3.05, 3.63) is 42.9 Å². The third-order valence-electron chi connectivity index (χ3n) is 0.989. The minimum Gasteiger partial charge on any atom is -0.0841 e. The molecule has 0 aromatic carbocycles. The van der Waals surface area contributed by atoms with Gasteiger partial charge in [-0.05, 0) is 6.42 Å². The Hall–Kier alpha value is -0.780. The maximum atomic E-state index is 2.12. The van der Waals surface area contributed by atoms with Crippen LogP contribution in [-0.4, -0.2) is 0 Å². The molecule has 0 atom stereocenters. The molecule has 0 heteroatoms. The zero-order chi connectivity index (χ0) is 5.66. The van der Waals surface area contributed by atoms with Crippen LogP contribution in [0.15, 0.2) is 36.5 Å². The molecule has 0 amide bonds. The summed E-state index contributed by atoms with van der Waals surface area (Å²) >= 11 is 0. The van der Waals surface area contributed by atoms with Gasteiger partial charge in [0.05, 0.1) is 0 Å². The van der Waals surface area contributed by atoms with E-state index >= 15 is 0 Å². The van der Waals surface area contributed by atoms with E-state index in [0.717, 1.165) is 6.42 Å². The summed E-state index contributed by atoms with van der Waals surface area (Å²) in [4.78, 5) is 0. The van der Waals surface area contributed by atoms with Gasteiger partial charge >= 0.3 is 0 Å². The normalized spacial score (nSPS) is 18.0. The maximum Gasteiger partial charge on any atom is 0.00474 e. The van der Waals surface area contributed by atoms with Crippen LogP contribution in [0.1, 0.15) is 6.42 Å². The lowest BCUT2D eigenvalue weighted by Gasteiger charge is -1.84. The van der Waals surface area contributed by atoms with Gasteiger partial charge in [-0.25, -0.2) is 0 Å². The third kappa shape index (κ3) is 1.78. The maximum absolute atomic E-state index is 2.12. The van der Waals surface area contributed by atoms with Gasteiger partial charge < -0.3 is 0 Å². The summed E-state index contributed by atoms with van der Waals surface area (Å²) in [5, 5.41) is 0. The van der Waals surface area contributed by atoms with Crippen LogP contribution < -0.4 is 0 Å². The van der Waals surface area contributed by atoms with Crippen molar-refractivity contribution in [1.82, 2.24) is 0 Å². The Balaban J connectivity index is 2.51. The van der Waals surface area contributed by atoms with Crippen LogP contribution in [0.2, 0.25) is 0 Å². The first-order valence-electron chi connectivity index (χ1n) is 2.82. The van der Waals surface area contributed by atoms with Gasteiger partial charge in [0.15, 0.2) is 0 Å². The van der Waals surface area contributed by atoms with Crippen molar-refractivity contribution < 1.29 is 0 Å². The standard InChI is InChI=1S/C8H9/c1-2-4-6-8-7-5-3-1/h1-7H,8H2. The molecule has 0 spiro atoms. The number of hydrogen-bond acceptors (Lipinski definition) is 0. The lowest BCUT2D eigenvalue weighted by atomic mass is 10.2. The molecular formula is C8H9. The molecule has 0 unspecified atom stereocenters. The lowest BCUT2D eigenvalue weighted by Crippen LogP contribution is -1.65. The van der Waals surface area contributed by atoms with E-state index in [4.69, 9.17) is 0 Å². The highest BCUT2D eigenvalue weighted by atomic mass is 13.8. The van der Waals surface area contributed by atoms with Crippen molar-refractivity contribution in [2.45, 2.75) is 6.42 Å². The molecule has 0 N–H and O–H groups in total. The second-order valence-electron chi connectivity index (χ2n) is 1.67. The second-order valence-corrected chi connectivity index (χ2v) is 1.67. The van der Waals surface area contributed by atoms with Gasteiger partial charge in [-0.1, -0.05) is 36.5 Å². The average Bonchev–Trinajstić information content (AvgIpc) is 1.62. The molecule has 1 aliphatic carbocycles. The largest absolute Gasteiger partial charge is 0.0841 e. The first-order valence-corrected chi connectivity index (χ1v) is 2.82. The minimum atomic E-state index is 1.06. The van der Waals surface area contributed by atoms with E-state index in [-0.39, 0.29) is 0 Å². The molecule has 0 aromatic rings. The Kier molecular flexibility index (Phi) is 2.18. The second kappa shape index (κ2) is 3.25. The van der Waals surface area contributed by atoms with Gasteiger partial charge in [0, 0.05) is 6.42 Å². The topological polar surface area (TPSA) is 0 Å². The molecule has 0 aromatic heterocycles. The SMILES string of the molecule is [CH]1C=CC=CCC=C1. The summed E-state index contributed by atoms with van der Waals surface area (Å²) in [7, 11) is 0. The van der Waals surface area contributed by atoms with Gasteiger partial charge in [0.25, 0.3) is 0 Å². The van der Waals surface area contributed by atoms with Crippen LogP contribution in [0.3, 0.4) is 0 Å². The third-order valence-corrected chi connectivity index (χ3v) is 0.989. The molecule has 1 rings (SSSR count). The van der Waals surface area contributed by atoms with Gasteiger partial charge in [-0.2, -0.15) is 0 Å². The minimum absolute atomic E-state index is 1.06. The van der Waals surface area contributed by atoms with Crippen molar-refractivity contribution in [1.29, 1.82) is 0 Å². The predicted molar refractivity (Wildman–Crippen MR) is 36.3 cm³/mol. The quantitative estimate of drug-likeness (QED) is 0.443. The molecule has 0 saturated heterocycles. The Morgan fingerprint density at radius 3 is 2.62 bits per heavy atom. The summed E-state index contributed by atoms with van der Waals surface area (Å²) in [6, 6.07) is 0. The first-order chi connectivity index (χ1) is 4.00. The van der Waals surface area contributed by atoms with E-state index in [0.29, 0.717) is 0 Å². The fourth-order valence-corrected chi connectivity index (χ4v) is 0.585. The molecule has 0 fully saturated rings. The molecule has 8 heavy (non-hydrogen) atoms. The number of allylic oxidation sites excluding steroid dienone is 6. The highest BCUT2D eigenvalue weighted by Gasteiger charge is 1.74. The van der Waals surface area contributed by atoms with E-state index in [1.165, 1.54) is 0 Å². The van der Waals surface area contributed by atoms with Crippen LogP contribution in [0, 0.1) is 6.42 Å². The molecule has 0 nitrogen and oxygen atoms in total. The van der Waals surface area contributed by atoms with Crippen molar-refractivity contribution in [3.8, 4) is 0 Å². The van der Waals surface area contributed by atoms with Crippen molar-refractivity contribution in [2.75, 3.05) is 0 Å². The Morgan fingerprint density at radius 1 is 0.750 bits per heavy atom. The van der Waals surface area contributed by atoms with Crippen LogP contribution in [-0.2, 0) is 0 Å². The van der Waals surface area contributed by atoms with Crippen LogP contribution in [0.25, 0.3) is 0 Å². The molecular weight excluding hydrogens is 96.1 g/mol. The van der Waals surface area contributed by atoms with E-state index in [2.05, 4.69) is 24.3 Å².